The van der Waals surface area contributed by atoms with E-state index in [1.165, 1.54) is 0 Å². The van der Waals surface area contributed by atoms with E-state index in [0.717, 1.165) is 29.1 Å². The van der Waals surface area contributed by atoms with Gasteiger partial charge in [0, 0.05) is 11.4 Å². The van der Waals surface area contributed by atoms with Crippen LogP contribution in [0.2, 0.25) is 0 Å². The number of pyridine rings is 1. The molecule has 0 spiro atoms. The number of aryl methyl sites for hydroxylation is 3. The molecular weight excluding hydrogens is 251 g/mol. The molecular formula is C17H21FN2. The lowest BCUT2D eigenvalue weighted by molar-refractivity contribution is 0.595. The van der Waals surface area contributed by atoms with Crippen LogP contribution in [0.25, 0.3) is 0 Å². The van der Waals surface area contributed by atoms with Crippen molar-refractivity contribution in [2.45, 2.75) is 33.7 Å². The van der Waals surface area contributed by atoms with Crippen LogP contribution in [0.15, 0.2) is 30.3 Å². The van der Waals surface area contributed by atoms with Gasteiger partial charge in [0.15, 0.2) is 0 Å². The fourth-order valence-electron chi connectivity index (χ4n) is 2.40. The Kier molecular flexibility index (Phi) is 4.50. The van der Waals surface area contributed by atoms with E-state index in [1.807, 2.05) is 32.0 Å². The highest BCUT2D eigenvalue weighted by atomic mass is 19.1. The molecule has 1 atom stereocenters. The largest absolute Gasteiger partial charge is 0.306 e. The average molecular weight is 272 g/mol. The molecule has 1 aromatic heterocycles. The number of rotatable bonds is 4. The van der Waals surface area contributed by atoms with E-state index >= 15 is 0 Å². The first kappa shape index (κ1) is 14.7. The van der Waals surface area contributed by atoms with Crippen LogP contribution in [0, 0.1) is 26.6 Å². The SMILES string of the molecule is CCNC(c1ccc(C)c(F)c1)c1ccc(C)nc1C. The Morgan fingerprint density at radius 1 is 1.15 bits per heavy atom. The maximum absolute atomic E-state index is 13.8. The molecule has 0 saturated carbocycles. The lowest BCUT2D eigenvalue weighted by atomic mass is 9.96. The van der Waals surface area contributed by atoms with Crippen molar-refractivity contribution in [1.82, 2.24) is 10.3 Å². The van der Waals surface area contributed by atoms with Crippen molar-refractivity contribution in [3.05, 3.63) is 64.2 Å². The third kappa shape index (κ3) is 3.05. The van der Waals surface area contributed by atoms with Crippen LogP contribution in [0.1, 0.15) is 41.0 Å². The monoisotopic (exact) mass is 272 g/mol. The summed E-state index contributed by atoms with van der Waals surface area (Å²) in [5.41, 5.74) is 4.68. The molecule has 106 valence electrons. The fourth-order valence-corrected chi connectivity index (χ4v) is 2.40. The van der Waals surface area contributed by atoms with E-state index < -0.39 is 0 Å². The van der Waals surface area contributed by atoms with Crippen molar-refractivity contribution in [2.24, 2.45) is 0 Å². The number of nitrogens with zero attached hydrogens (tertiary/aromatic N) is 1. The molecule has 0 radical (unpaired) electrons. The molecule has 3 heteroatoms. The maximum atomic E-state index is 13.8. The quantitative estimate of drug-likeness (QED) is 0.914. The van der Waals surface area contributed by atoms with Gasteiger partial charge in [0.05, 0.1) is 6.04 Å². The van der Waals surface area contributed by atoms with Crippen molar-refractivity contribution in [3.63, 3.8) is 0 Å². The summed E-state index contributed by atoms with van der Waals surface area (Å²) < 4.78 is 13.8. The smallest absolute Gasteiger partial charge is 0.126 e. The van der Waals surface area contributed by atoms with Gasteiger partial charge in [-0.3, -0.25) is 4.98 Å². The Morgan fingerprint density at radius 2 is 1.90 bits per heavy atom. The predicted octanol–water partition coefficient (Wildman–Crippen LogP) is 3.84. The molecule has 20 heavy (non-hydrogen) atoms. The topological polar surface area (TPSA) is 24.9 Å². The van der Waals surface area contributed by atoms with Gasteiger partial charge in [-0.1, -0.05) is 25.1 Å². The second-order valence-corrected chi connectivity index (χ2v) is 5.13. The molecule has 0 aliphatic rings. The van der Waals surface area contributed by atoms with Crippen LogP contribution in [0.5, 0.6) is 0 Å². The number of hydrogen-bond donors (Lipinski definition) is 1. The first-order valence-electron chi connectivity index (χ1n) is 6.96. The Morgan fingerprint density at radius 3 is 2.50 bits per heavy atom. The zero-order chi connectivity index (χ0) is 14.7. The highest BCUT2D eigenvalue weighted by Crippen LogP contribution is 2.25. The van der Waals surface area contributed by atoms with Crippen LogP contribution >= 0.6 is 0 Å². The average Bonchev–Trinajstić information content (AvgIpc) is 2.40. The minimum atomic E-state index is -0.164. The van der Waals surface area contributed by atoms with E-state index in [1.54, 1.807) is 13.0 Å². The molecule has 2 nitrogen and oxygen atoms in total. The van der Waals surface area contributed by atoms with Crippen LogP contribution in [-0.2, 0) is 0 Å². The number of halogens is 1. The standard InChI is InChI=1S/C17H21FN2/c1-5-19-17(14-8-6-11(2)16(18)10-14)15-9-7-12(3)20-13(15)4/h6-10,17,19H,5H2,1-4H3. The first-order chi connectivity index (χ1) is 9.52. The molecule has 1 unspecified atom stereocenters. The molecule has 0 aliphatic heterocycles. The number of nitrogens with one attached hydrogen (secondary N) is 1. The second-order valence-electron chi connectivity index (χ2n) is 5.13. The number of benzene rings is 1. The van der Waals surface area contributed by atoms with E-state index in [2.05, 4.69) is 23.3 Å². The predicted molar refractivity (Wildman–Crippen MR) is 80.4 cm³/mol. The second kappa shape index (κ2) is 6.14. The molecule has 1 N–H and O–H groups in total. The van der Waals surface area contributed by atoms with Crippen molar-refractivity contribution in [3.8, 4) is 0 Å². The Labute approximate surface area is 120 Å². The van der Waals surface area contributed by atoms with Gasteiger partial charge >= 0.3 is 0 Å². The summed E-state index contributed by atoms with van der Waals surface area (Å²) in [6, 6.07) is 9.46. The fraction of sp³-hybridized carbons (Fsp3) is 0.353. The highest BCUT2D eigenvalue weighted by molar-refractivity contribution is 5.36. The Hall–Kier alpha value is -1.74. The Balaban J connectivity index is 2.47. The third-order valence-electron chi connectivity index (χ3n) is 3.51. The summed E-state index contributed by atoms with van der Waals surface area (Å²) in [4.78, 5) is 4.51. The van der Waals surface area contributed by atoms with E-state index in [4.69, 9.17) is 0 Å². The molecule has 2 aromatic rings. The van der Waals surface area contributed by atoms with Crippen molar-refractivity contribution < 1.29 is 4.39 Å². The van der Waals surface area contributed by atoms with Gasteiger partial charge in [0.2, 0.25) is 0 Å². The van der Waals surface area contributed by atoms with Gasteiger partial charge in [0.25, 0.3) is 0 Å². The summed E-state index contributed by atoms with van der Waals surface area (Å²) in [7, 11) is 0. The summed E-state index contributed by atoms with van der Waals surface area (Å²) in [6.07, 6.45) is 0. The summed E-state index contributed by atoms with van der Waals surface area (Å²) in [5.74, 6) is -0.164. The zero-order valence-electron chi connectivity index (χ0n) is 12.5. The molecule has 0 saturated heterocycles. The van der Waals surface area contributed by atoms with Gasteiger partial charge in [-0.2, -0.15) is 0 Å². The molecule has 0 amide bonds. The molecule has 1 heterocycles. The normalized spacial score (nSPS) is 12.4. The van der Waals surface area contributed by atoms with E-state index in [-0.39, 0.29) is 11.9 Å². The number of aromatic nitrogens is 1. The van der Waals surface area contributed by atoms with E-state index in [9.17, 15) is 4.39 Å². The summed E-state index contributed by atoms with van der Waals surface area (Å²) in [5, 5.41) is 3.42. The van der Waals surface area contributed by atoms with Crippen LogP contribution in [0.3, 0.4) is 0 Å². The minimum Gasteiger partial charge on any atom is -0.306 e. The minimum absolute atomic E-state index is 0.0248. The van der Waals surface area contributed by atoms with E-state index in [0.29, 0.717) is 5.56 Å². The van der Waals surface area contributed by atoms with Crippen LogP contribution in [-0.4, -0.2) is 11.5 Å². The molecule has 2 rings (SSSR count). The molecule has 0 bridgehead atoms. The van der Waals surface area contributed by atoms with Crippen LogP contribution < -0.4 is 5.32 Å². The van der Waals surface area contributed by atoms with Gasteiger partial charge in [-0.15, -0.1) is 0 Å². The summed E-state index contributed by atoms with van der Waals surface area (Å²) >= 11 is 0. The van der Waals surface area contributed by atoms with Crippen molar-refractivity contribution >= 4 is 0 Å². The highest BCUT2D eigenvalue weighted by Gasteiger charge is 2.17. The number of hydrogen-bond acceptors (Lipinski definition) is 2. The van der Waals surface area contributed by atoms with Gasteiger partial charge < -0.3 is 5.32 Å². The van der Waals surface area contributed by atoms with Gasteiger partial charge in [-0.25, -0.2) is 4.39 Å². The molecule has 1 aromatic carbocycles. The maximum Gasteiger partial charge on any atom is 0.126 e. The van der Waals surface area contributed by atoms with Gasteiger partial charge in [0.1, 0.15) is 5.82 Å². The summed E-state index contributed by atoms with van der Waals surface area (Å²) in [6.45, 7) is 8.61. The lowest BCUT2D eigenvalue weighted by Crippen LogP contribution is -2.23. The third-order valence-corrected chi connectivity index (χ3v) is 3.51. The Bertz CT molecular complexity index is 608. The van der Waals surface area contributed by atoms with Gasteiger partial charge in [-0.05, 0) is 56.1 Å². The van der Waals surface area contributed by atoms with Crippen molar-refractivity contribution in [2.75, 3.05) is 6.54 Å². The molecule has 0 fully saturated rings. The van der Waals surface area contributed by atoms with Crippen molar-refractivity contribution in [1.29, 1.82) is 0 Å². The lowest BCUT2D eigenvalue weighted by Gasteiger charge is -2.21. The molecule has 0 aliphatic carbocycles. The zero-order valence-corrected chi connectivity index (χ0v) is 12.5. The van der Waals surface area contributed by atoms with Crippen LogP contribution in [0.4, 0.5) is 4.39 Å². The first-order valence-corrected chi connectivity index (χ1v) is 6.96.